The summed E-state index contributed by atoms with van der Waals surface area (Å²) in [5.41, 5.74) is 3.64. The number of aromatic nitrogens is 3. The van der Waals surface area contributed by atoms with E-state index in [9.17, 15) is 10.1 Å². The quantitative estimate of drug-likeness (QED) is 0.334. The molecule has 2 aliphatic rings. The minimum absolute atomic E-state index is 0.0530. The molecule has 2 aromatic heterocycles. The fourth-order valence-electron chi connectivity index (χ4n) is 4.29. The Labute approximate surface area is 204 Å². The van der Waals surface area contributed by atoms with Gasteiger partial charge in [-0.1, -0.05) is 0 Å². The SMILES string of the molecule is C=NN(C)/C=C(\C)C(=O)N1CC[C@H](Oc2ncnc3c2CN(c2cnc(OC)c(C#N)c2)CC3)C1. The molecule has 1 fully saturated rings. The second kappa shape index (κ2) is 10.4. The normalized spacial score (nSPS) is 17.4. The molecule has 2 aliphatic heterocycles. The number of ether oxygens (including phenoxy) is 2. The highest BCUT2D eigenvalue weighted by molar-refractivity contribution is 5.92. The molecule has 11 heteroatoms. The third kappa shape index (κ3) is 5.16. The number of amides is 1. The number of carbonyl (C=O) groups is 1. The summed E-state index contributed by atoms with van der Waals surface area (Å²) in [5, 5.41) is 14.7. The smallest absolute Gasteiger partial charge is 0.251 e. The maximum atomic E-state index is 12.8. The van der Waals surface area contributed by atoms with Crippen LogP contribution in [0, 0.1) is 11.3 Å². The fourth-order valence-corrected chi connectivity index (χ4v) is 4.29. The minimum Gasteiger partial charge on any atom is -0.480 e. The standard InChI is InChI=1S/C24H28N8O3/c1-16(12-30(3)26-2)24(33)32-7-5-19(13-32)35-23-20-14-31(8-6-21(20)28-15-29-23)18-9-17(10-25)22(34-4)27-11-18/h9,11-12,15,19H,2,5-8,13-14H2,1,3-4H3/b16-12+/t19-/m0/s1. The average Bonchev–Trinajstić information content (AvgIpc) is 3.36. The van der Waals surface area contributed by atoms with Gasteiger partial charge in [-0.15, -0.1) is 0 Å². The third-order valence-electron chi connectivity index (χ3n) is 6.13. The fraction of sp³-hybridized carbons (Fsp3) is 0.417. The minimum atomic E-state index is -0.163. The van der Waals surface area contributed by atoms with Crippen LogP contribution in [-0.2, 0) is 17.8 Å². The second-order valence-corrected chi connectivity index (χ2v) is 8.44. The van der Waals surface area contributed by atoms with E-state index in [0.29, 0.717) is 55.4 Å². The molecule has 35 heavy (non-hydrogen) atoms. The summed E-state index contributed by atoms with van der Waals surface area (Å²) in [6, 6.07) is 3.90. The summed E-state index contributed by atoms with van der Waals surface area (Å²) >= 11 is 0. The van der Waals surface area contributed by atoms with Crippen molar-refractivity contribution in [2.24, 2.45) is 5.10 Å². The van der Waals surface area contributed by atoms with Crippen molar-refractivity contribution in [1.29, 1.82) is 5.26 Å². The van der Waals surface area contributed by atoms with Crippen molar-refractivity contribution in [3.63, 3.8) is 0 Å². The average molecular weight is 477 g/mol. The van der Waals surface area contributed by atoms with E-state index in [1.54, 1.807) is 37.3 Å². The number of nitrogens with zero attached hydrogens (tertiary/aromatic N) is 8. The first-order valence-corrected chi connectivity index (χ1v) is 11.3. The molecule has 0 spiro atoms. The first-order chi connectivity index (χ1) is 16.9. The third-order valence-corrected chi connectivity index (χ3v) is 6.13. The highest BCUT2D eigenvalue weighted by atomic mass is 16.5. The molecule has 0 aromatic carbocycles. The molecule has 0 bridgehead atoms. The van der Waals surface area contributed by atoms with Gasteiger partial charge in [0, 0.05) is 51.5 Å². The topological polar surface area (TPSA) is 120 Å². The van der Waals surface area contributed by atoms with Gasteiger partial charge < -0.3 is 19.3 Å². The lowest BCUT2D eigenvalue weighted by molar-refractivity contribution is -0.126. The van der Waals surface area contributed by atoms with Crippen molar-refractivity contribution in [3.8, 4) is 17.8 Å². The molecule has 4 heterocycles. The number of anilines is 1. The van der Waals surface area contributed by atoms with Crippen LogP contribution in [0.4, 0.5) is 5.69 Å². The van der Waals surface area contributed by atoms with Crippen LogP contribution in [0.25, 0.3) is 0 Å². The number of nitriles is 1. The molecule has 0 radical (unpaired) electrons. The van der Waals surface area contributed by atoms with Crippen molar-refractivity contribution in [3.05, 3.63) is 47.2 Å². The van der Waals surface area contributed by atoms with Gasteiger partial charge in [0.2, 0.25) is 11.8 Å². The van der Waals surface area contributed by atoms with E-state index in [4.69, 9.17) is 9.47 Å². The molecule has 0 saturated carbocycles. The van der Waals surface area contributed by atoms with Gasteiger partial charge in [-0.25, -0.2) is 15.0 Å². The predicted octanol–water partition coefficient (Wildman–Crippen LogP) is 1.75. The van der Waals surface area contributed by atoms with Crippen LogP contribution < -0.4 is 14.4 Å². The van der Waals surface area contributed by atoms with Crippen LogP contribution in [0.5, 0.6) is 11.8 Å². The Kier molecular flexibility index (Phi) is 7.10. The van der Waals surface area contributed by atoms with E-state index < -0.39 is 0 Å². The van der Waals surface area contributed by atoms with Gasteiger partial charge in [-0.05, 0) is 13.0 Å². The van der Waals surface area contributed by atoms with Crippen LogP contribution in [0.2, 0.25) is 0 Å². The molecular formula is C24H28N8O3. The van der Waals surface area contributed by atoms with Gasteiger partial charge in [0.1, 0.15) is 24.1 Å². The largest absolute Gasteiger partial charge is 0.480 e. The van der Waals surface area contributed by atoms with E-state index in [0.717, 1.165) is 23.5 Å². The lowest BCUT2D eigenvalue weighted by Gasteiger charge is -2.31. The molecule has 0 unspecified atom stereocenters. The highest BCUT2D eigenvalue weighted by Gasteiger charge is 2.31. The van der Waals surface area contributed by atoms with Gasteiger partial charge in [0.25, 0.3) is 5.91 Å². The Morgan fingerprint density at radius 1 is 1.34 bits per heavy atom. The van der Waals surface area contributed by atoms with Crippen molar-refractivity contribution in [2.45, 2.75) is 32.4 Å². The Morgan fingerprint density at radius 3 is 2.91 bits per heavy atom. The van der Waals surface area contributed by atoms with Gasteiger partial charge in [0.15, 0.2) is 0 Å². The second-order valence-electron chi connectivity index (χ2n) is 8.44. The van der Waals surface area contributed by atoms with Crippen LogP contribution >= 0.6 is 0 Å². The maximum absolute atomic E-state index is 12.8. The van der Waals surface area contributed by atoms with Gasteiger partial charge in [-0.3, -0.25) is 9.80 Å². The summed E-state index contributed by atoms with van der Waals surface area (Å²) < 4.78 is 11.4. The molecule has 1 amide bonds. The molecule has 4 rings (SSSR count). The molecule has 182 valence electrons. The summed E-state index contributed by atoms with van der Waals surface area (Å²) in [5.74, 6) is 0.783. The molecule has 1 saturated heterocycles. The number of pyridine rings is 1. The number of hydrogen-bond acceptors (Lipinski definition) is 10. The van der Waals surface area contributed by atoms with Crippen LogP contribution in [0.1, 0.15) is 30.2 Å². The number of methoxy groups -OCH3 is 1. The summed E-state index contributed by atoms with van der Waals surface area (Å²) in [6.07, 6.45) is 6.14. The summed E-state index contributed by atoms with van der Waals surface area (Å²) in [7, 11) is 3.22. The van der Waals surface area contributed by atoms with Gasteiger partial charge in [-0.2, -0.15) is 10.4 Å². The van der Waals surface area contributed by atoms with Crippen LogP contribution in [-0.4, -0.2) is 77.4 Å². The number of carbonyl (C=O) groups excluding carboxylic acids is 1. The Bertz CT molecular complexity index is 1190. The molecule has 0 aliphatic carbocycles. The number of rotatable bonds is 7. The van der Waals surface area contributed by atoms with E-state index >= 15 is 0 Å². The Morgan fingerprint density at radius 2 is 2.17 bits per heavy atom. The monoisotopic (exact) mass is 476 g/mol. The molecule has 2 aromatic rings. The van der Waals surface area contributed by atoms with Crippen LogP contribution in [0.3, 0.4) is 0 Å². The molecule has 0 N–H and O–H groups in total. The van der Waals surface area contributed by atoms with Crippen LogP contribution in [0.15, 0.2) is 35.5 Å². The molecule has 1 atom stereocenters. The predicted molar refractivity (Wildman–Crippen MR) is 129 cm³/mol. The van der Waals surface area contributed by atoms with Gasteiger partial charge in [0.05, 0.1) is 43.3 Å². The zero-order valence-corrected chi connectivity index (χ0v) is 20.1. The maximum Gasteiger partial charge on any atom is 0.251 e. The molecular weight excluding hydrogens is 448 g/mol. The van der Waals surface area contributed by atoms with Crippen molar-refractivity contribution < 1.29 is 14.3 Å². The number of hydrazone groups is 1. The zero-order chi connectivity index (χ0) is 24.9. The van der Waals surface area contributed by atoms with E-state index in [1.807, 2.05) is 0 Å². The number of fused-ring (bicyclic) bond motifs is 1. The molecule has 11 nitrogen and oxygen atoms in total. The zero-order valence-electron chi connectivity index (χ0n) is 20.1. The number of likely N-dealkylation sites (tertiary alicyclic amines) is 1. The highest BCUT2D eigenvalue weighted by Crippen LogP contribution is 2.31. The van der Waals surface area contributed by atoms with Gasteiger partial charge >= 0.3 is 0 Å². The van der Waals surface area contributed by atoms with Crippen molar-refractivity contribution in [1.82, 2.24) is 24.9 Å². The summed E-state index contributed by atoms with van der Waals surface area (Å²) in [6.45, 7) is 7.56. The lowest BCUT2D eigenvalue weighted by atomic mass is 10.1. The first kappa shape index (κ1) is 23.9. The summed E-state index contributed by atoms with van der Waals surface area (Å²) in [4.78, 5) is 29.8. The van der Waals surface area contributed by atoms with E-state index in [-0.39, 0.29) is 12.0 Å². The number of hydrogen-bond donors (Lipinski definition) is 0. The van der Waals surface area contributed by atoms with E-state index in [2.05, 4.69) is 37.7 Å². The Hall–Kier alpha value is -4.20. The van der Waals surface area contributed by atoms with E-state index in [1.165, 1.54) is 18.4 Å². The van der Waals surface area contributed by atoms with Crippen molar-refractivity contribution >= 4 is 18.3 Å². The lowest BCUT2D eigenvalue weighted by Crippen LogP contribution is -2.33. The first-order valence-electron chi connectivity index (χ1n) is 11.3. The van der Waals surface area contributed by atoms with Crippen molar-refractivity contribution in [2.75, 3.05) is 38.7 Å². The Balaban J connectivity index is 1.47.